The summed E-state index contributed by atoms with van der Waals surface area (Å²) in [4.78, 5) is 62.2. The molecule has 1 saturated heterocycles. The Morgan fingerprint density at radius 2 is 1.83 bits per heavy atom. The zero-order chi connectivity index (χ0) is 21.8. The van der Waals surface area contributed by atoms with Crippen molar-refractivity contribution in [2.24, 2.45) is 0 Å². The molecule has 1 fully saturated rings. The number of hydrogen-bond acceptors (Lipinski definition) is 6. The van der Waals surface area contributed by atoms with E-state index in [-0.39, 0.29) is 28.8 Å². The second kappa shape index (κ2) is 9.02. The minimum atomic E-state index is -0.717. The van der Waals surface area contributed by atoms with E-state index < -0.39 is 29.2 Å². The summed E-state index contributed by atoms with van der Waals surface area (Å²) < 4.78 is 0. The number of unbranched alkanes of at least 4 members (excludes halogenated alkanes) is 1. The maximum atomic E-state index is 12.5. The summed E-state index contributed by atoms with van der Waals surface area (Å²) in [6, 6.07) is 3.31. The number of nitrogens with zero attached hydrogens (tertiary/aromatic N) is 3. The fourth-order valence-corrected chi connectivity index (χ4v) is 3.71. The Kier molecular flexibility index (Phi) is 6.43. The van der Waals surface area contributed by atoms with Gasteiger partial charge in [-0.15, -0.1) is 0 Å². The molecule has 4 amide bonds. The highest BCUT2D eigenvalue weighted by atomic mass is 16.6. The summed E-state index contributed by atoms with van der Waals surface area (Å²) in [6.45, 7) is 2.70. The molecule has 0 bridgehead atoms. The number of hydrogen-bond donors (Lipinski definition) is 1. The van der Waals surface area contributed by atoms with E-state index in [9.17, 15) is 29.3 Å². The predicted molar refractivity (Wildman–Crippen MR) is 106 cm³/mol. The van der Waals surface area contributed by atoms with E-state index in [0.717, 1.165) is 29.9 Å². The zero-order valence-corrected chi connectivity index (χ0v) is 16.8. The number of piperidine rings is 1. The van der Waals surface area contributed by atoms with Gasteiger partial charge in [0.15, 0.2) is 0 Å². The van der Waals surface area contributed by atoms with E-state index in [4.69, 9.17) is 0 Å². The Bertz CT molecular complexity index is 891. The molecule has 2 heterocycles. The molecule has 0 atom stereocenters. The number of amides is 4. The molecule has 160 valence electrons. The third kappa shape index (κ3) is 4.47. The molecule has 0 radical (unpaired) electrons. The first-order valence-corrected chi connectivity index (χ1v) is 10.0. The van der Waals surface area contributed by atoms with Crippen molar-refractivity contribution in [2.75, 3.05) is 19.6 Å². The molecule has 10 nitrogen and oxygen atoms in total. The van der Waals surface area contributed by atoms with Gasteiger partial charge in [0, 0.05) is 37.7 Å². The lowest BCUT2D eigenvalue weighted by molar-refractivity contribution is -0.384. The Balaban J connectivity index is 1.53. The molecule has 3 rings (SSSR count). The fraction of sp³-hybridized carbons (Fsp3) is 0.500. The van der Waals surface area contributed by atoms with Crippen LogP contribution in [-0.2, 0) is 9.59 Å². The molecule has 0 spiro atoms. The van der Waals surface area contributed by atoms with Gasteiger partial charge in [0.05, 0.1) is 16.1 Å². The molecule has 1 aromatic rings. The minimum absolute atomic E-state index is 0.0531. The second-order valence-corrected chi connectivity index (χ2v) is 7.51. The van der Waals surface area contributed by atoms with Gasteiger partial charge in [0.2, 0.25) is 11.8 Å². The quantitative estimate of drug-likeness (QED) is 0.407. The lowest BCUT2D eigenvalue weighted by atomic mass is 10.0. The number of likely N-dealkylation sites (tertiary alicyclic amines) is 1. The van der Waals surface area contributed by atoms with E-state index >= 15 is 0 Å². The van der Waals surface area contributed by atoms with Gasteiger partial charge < -0.3 is 10.2 Å². The lowest BCUT2D eigenvalue weighted by Crippen LogP contribution is -2.49. The lowest BCUT2D eigenvalue weighted by Gasteiger charge is -2.32. The standard InChI is InChI=1S/C20H24N4O6/c1-2-3-4-18(26)22-9-7-13(8-10-22)21-17(25)12-23-19(27)15-6-5-14(24(29)30)11-16(15)20(23)28/h5-6,11,13H,2-4,7-10,12H2,1H3,(H,21,25). The molecule has 0 aromatic heterocycles. The number of imide groups is 1. The normalized spacial score (nSPS) is 16.6. The van der Waals surface area contributed by atoms with Crippen LogP contribution in [-0.4, -0.2) is 64.0 Å². The monoisotopic (exact) mass is 416 g/mol. The highest BCUT2D eigenvalue weighted by Crippen LogP contribution is 2.26. The van der Waals surface area contributed by atoms with Crippen LogP contribution in [0, 0.1) is 10.1 Å². The molecule has 0 saturated carbocycles. The first-order chi connectivity index (χ1) is 14.3. The number of nitro benzene ring substituents is 1. The van der Waals surface area contributed by atoms with Crippen molar-refractivity contribution in [1.29, 1.82) is 0 Å². The van der Waals surface area contributed by atoms with Gasteiger partial charge in [0.25, 0.3) is 17.5 Å². The number of carbonyl (C=O) groups is 4. The van der Waals surface area contributed by atoms with Crippen molar-refractivity contribution in [3.63, 3.8) is 0 Å². The van der Waals surface area contributed by atoms with Crippen LogP contribution in [0.1, 0.15) is 59.7 Å². The van der Waals surface area contributed by atoms with Crippen molar-refractivity contribution in [1.82, 2.24) is 15.1 Å². The van der Waals surface area contributed by atoms with Crippen molar-refractivity contribution in [2.45, 2.75) is 45.1 Å². The summed E-state index contributed by atoms with van der Waals surface area (Å²) in [5, 5.41) is 13.7. The van der Waals surface area contributed by atoms with Crippen LogP contribution in [0.5, 0.6) is 0 Å². The molecule has 2 aliphatic rings. The molecular formula is C20H24N4O6. The van der Waals surface area contributed by atoms with Crippen LogP contribution < -0.4 is 5.32 Å². The summed E-state index contributed by atoms with van der Waals surface area (Å²) in [7, 11) is 0. The van der Waals surface area contributed by atoms with Crippen LogP contribution in [0.15, 0.2) is 18.2 Å². The van der Waals surface area contributed by atoms with Crippen LogP contribution >= 0.6 is 0 Å². The number of fused-ring (bicyclic) bond motifs is 1. The van der Waals surface area contributed by atoms with Gasteiger partial charge in [-0.1, -0.05) is 13.3 Å². The van der Waals surface area contributed by atoms with Crippen molar-refractivity contribution in [3.8, 4) is 0 Å². The first-order valence-electron chi connectivity index (χ1n) is 10.0. The molecule has 10 heteroatoms. The first kappa shape index (κ1) is 21.4. The minimum Gasteiger partial charge on any atom is -0.352 e. The van der Waals surface area contributed by atoms with E-state index in [1.807, 2.05) is 6.92 Å². The van der Waals surface area contributed by atoms with E-state index in [0.29, 0.717) is 32.4 Å². The summed E-state index contributed by atoms with van der Waals surface area (Å²) in [5.74, 6) is -1.71. The Labute approximate surface area is 173 Å². The second-order valence-electron chi connectivity index (χ2n) is 7.51. The molecule has 2 aliphatic heterocycles. The number of carbonyl (C=O) groups excluding carboxylic acids is 4. The fourth-order valence-electron chi connectivity index (χ4n) is 3.71. The maximum Gasteiger partial charge on any atom is 0.270 e. The van der Waals surface area contributed by atoms with Crippen LogP contribution in [0.3, 0.4) is 0 Å². The van der Waals surface area contributed by atoms with E-state index in [2.05, 4.69) is 5.32 Å². The smallest absolute Gasteiger partial charge is 0.270 e. The third-order valence-electron chi connectivity index (χ3n) is 5.42. The van der Waals surface area contributed by atoms with E-state index in [1.165, 1.54) is 6.07 Å². The van der Waals surface area contributed by atoms with Crippen molar-refractivity contribution in [3.05, 3.63) is 39.4 Å². The van der Waals surface area contributed by atoms with Crippen molar-refractivity contribution < 1.29 is 24.1 Å². The SMILES string of the molecule is CCCCC(=O)N1CCC(NC(=O)CN2C(=O)c3ccc([N+](=O)[O-])cc3C2=O)CC1. The number of benzene rings is 1. The Morgan fingerprint density at radius 3 is 2.47 bits per heavy atom. The maximum absolute atomic E-state index is 12.5. The average molecular weight is 416 g/mol. The van der Waals surface area contributed by atoms with Gasteiger partial charge in [-0.3, -0.25) is 34.2 Å². The van der Waals surface area contributed by atoms with Crippen molar-refractivity contribution >= 4 is 29.3 Å². The van der Waals surface area contributed by atoms with E-state index in [1.54, 1.807) is 4.90 Å². The Hall–Kier alpha value is -3.30. The molecule has 30 heavy (non-hydrogen) atoms. The number of non-ortho nitro benzene ring substituents is 1. The highest BCUT2D eigenvalue weighted by Gasteiger charge is 2.38. The summed E-state index contributed by atoms with van der Waals surface area (Å²) in [5.41, 5.74) is -0.306. The average Bonchev–Trinajstić information content (AvgIpc) is 2.96. The zero-order valence-electron chi connectivity index (χ0n) is 16.8. The van der Waals surface area contributed by atoms with Crippen LogP contribution in [0.25, 0.3) is 0 Å². The van der Waals surface area contributed by atoms with Gasteiger partial charge in [-0.25, -0.2) is 0 Å². The van der Waals surface area contributed by atoms with Gasteiger partial charge in [0.1, 0.15) is 6.54 Å². The largest absolute Gasteiger partial charge is 0.352 e. The number of nitrogens with one attached hydrogen (secondary N) is 1. The molecular weight excluding hydrogens is 392 g/mol. The topological polar surface area (TPSA) is 130 Å². The molecule has 0 aliphatic carbocycles. The van der Waals surface area contributed by atoms with Gasteiger partial charge >= 0.3 is 0 Å². The highest BCUT2D eigenvalue weighted by molar-refractivity contribution is 6.22. The predicted octanol–water partition coefficient (Wildman–Crippen LogP) is 1.49. The van der Waals surface area contributed by atoms with Crippen LogP contribution in [0.2, 0.25) is 0 Å². The molecule has 0 unspecified atom stereocenters. The Morgan fingerprint density at radius 1 is 1.17 bits per heavy atom. The third-order valence-corrected chi connectivity index (χ3v) is 5.42. The molecule has 1 N–H and O–H groups in total. The summed E-state index contributed by atoms with van der Waals surface area (Å²) in [6.07, 6.45) is 3.57. The van der Waals surface area contributed by atoms with Gasteiger partial charge in [-0.05, 0) is 25.3 Å². The van der Waals surface area contributed by atoms with Gasteiger partial charge in [-0.2, -0.15) is 0 Å². The summed E-state index contributed by atoms with van der Waals surface area (Å²) >= 11 is 0. The van der Waals surface area contributed by atoms with Crippen LogP contribution in [0.4, 0.5) is 5.69 Å². The number of nitro groups is 1. The number of rotatable bonds is 7. The molecule has 1 aromatic carbocycles.